The normalized spacial score (nSPS) is 10.2. The molecule has 1 amide bonds. The number of benzene rings is 1. The van der Waals surface area contributed by atoms with E-state index in [0.29, 0.717) is 6.42 Å². The number of rotatable bonds is 6. The summed E-state index contributed by atoms with van der Waals surface area (Å²) in [6.45, 7) is 5.81. The van der Waals surface area contributed by atoms with E-state index in [4.69, 9.17) is 5.73 Å². The molecule has 1 aromatic carbocycles. The Balaban J connectivity index is 2.54. The average molecular weight is 234 g/mol. The highest BCUT2D eigenvalue weighted by atomic mass is 16.2. The molecule has 0 aliphatic heterocycles. The number of nitrogens with two attached hydrogens (primary N) is 1. The largest absolute Gasteiger partial charge is 0.399 e. The molecule has 0 saturated heterocycles. The molecule has 0 aliphatic rings. The van der Waals surface area contributed by atoms with Gasteiger partial charge in [0.15, 0.2) is 0 Å². The van der Waals surface area contributed by atoms with Crippen LogP contribution in [-0.2, 0) is 11.2 Å². The first kappa shape index (κ1) is 13.6. The second-order valence-corrected chi connectivity index (χ2v) is 4.25. The lowest BCUT2D eigenvalue weighted by molar-refractivity contribution is -0.130. The van der Waals surface area contributed by atoms with Crippen LogP contribution in [0.1, 0.15) is 32.3 Å². The second-order valence-electron chi connectivity index (χ2n) is 4.25. The highest BCUT2D eigenvalue weighted by molar-refractivity contribution is 5.78. The molecule has 17 heavy (non-hydrogen) atoms. The maximum atomic E-state index is 12.0. The van der Waals surface area contributed by atoms with Gasteiger partial charge in [-0.1, -0.05) is 25.5 Å². The fourth-order valence-corrected chi connectivity index (χ4v) is 1.73. The van der Waals surface area contributed by atoms with Gasteiger partial charge in [-0.05, 0) is 31.0 Å². The molecule has 0 radical (unpaired) electrons. The summed E-state index contributed by atoms with van der Waals surface area (Å²) in [7, 11) is 0. The van der Waals surface area contributed by atoms with E-state index in [0.717, 1.165) is 37.2 Å². The molecule has 0 spiro atoms. The Morgan fingerprint density at radius 1 is 1.24 bits per heavy atom. The first-order chi connectivity index (χ1) is 8.17. The third-order valence-corrected chi connectivity index (χ3v) is 2.85. The molecular weight excluding hydrogens is 212 g/mol. The van der Waals surface area contributed by atoms with Crippen molar-refractivity contribution in [3.8, 4) is 0 Å². The van der Waals surface area contributed by atoms with Crippen molar-refractivity contribution < 1.29 is 4.79 Å². The number of hydrogen-bond donors (Lipinski definition) is 1. The van der Waals surface area contributed by atoms with Crippen LogP contribution in [0.15, 0.2) is 24.3 Å². The topological polar surface area (TPSA) is 46.3 Å². The highest BCUT2D eigenvalue weighted by Crippen LogP contribution is 2.08. The van der Waals surface area contributed by atoms with Crippen LogP contribution in [0.25, 0.3) is 0 Å². The summed E-state index contributed by atoms with van der Waals surface area (Å²) >= 11 is 0. The number of carbonyl (C=O) groups is 1. The number of unbranched alkanes of at least 4 members (excludes halogenated alkanes) is 1. The van der Waals surface area contributed by atoms with E-state index in [1.54, 1.807) is 0 Å². The average Bonchev–Trinajstić information content (AvgIpc) is 2.33. The molecule has 3 heteroatoms. The Bertz CT molecular complexity index is 346. The Morgan fingerprint density at radius 3 is 2.41 bits per heavy atom. The molecule has 0 aromatic heterocycles. The molecule has 2 N–H and O–H groups in total. The van der Waals surface area contributed by atoms with E-state index in [1.165, 1.54) is 0 Å². The molecule has 0 bridgehead atoms. The van der Waals surface area contributed by atoms with Crippen LogP contribution in [0.3, 0.4) is 0 Å². The van der Waals surface area contributed by atoms with Crippen LogP contribution in [-0.4, -0.2) is 23.9 Å². The second kappa shape index (κ2) is 6.94. The molecule has 1 rings (SSSR count). The van der Waals surface area contributed by atoms with Gasteiger partial charge in [-0.3, -0.25) is 4.79 Å². The van der Waals surface area contributed by atoms with E-state index < -0.39 is 0 Å². The van der Waals surface area contributed by atoms with Gasteiger partial charge in [-0.25, -0.2) is 0 Å². The van der Waals surface area contributed by atoms with E-state index >= 15 is 0 Å². The molecule has 94 valence electrons. The van der Waals surface area contributed by atoms with E-state index in [9.17, 15) is 4.79 Å². The van der Waals surface area contributed by atoms with Gasteiger partial charge in [0.05, 0.1) is 6.42 Å². The Morgan fingerprint density at radius 2 is 1.88 bits per heavy atom. The molecule has 0 atom stereocenters. The van der Waals surface area contributed by atoms with Crippen molar-refractivity contribution in [3.63, 3.8) is 0 Å². The number of hydrogen-bond acceptors (Lipinski definition) is 2. The van der Waals surface area contributed by atoms with Crippen molar-refractivity contribution in [2.24, 2.45) is 0 Å². The maximum absolute atomic E-state index is 12.0. The maximum Gasteiger partial charge on any atom is 0.226 e. The fraction of sp³-hybridized carbons (Fsp3) is 0.500. The van der Waals surface area contributed by atoms with Crippen molar-refractivity contribution in [1.29, 1.82) is 0 Å². The van der Waals surface area contributed by atoms with Gasteiger partial charge in [-0.15, -0.1) is 0 Å². The van der Waals surface area contributed by atoms with Gasteiger partial charge in [0.25, 0.3) is 0 Å². The number of anilines is 1. The van der Waals surface area contributed by atoms with Gasteiger partial charge in [-0.2, -0.15) is 0 Å². The minimum absolute atomic E-state index is 0.200. The van der Waals surface area contributed by atoms with Gasteiger partial charge in [0.2, 0.25) is 5.91 Å². The first-order valence-corrected chi connectivity index (χ1v) is 6.29. The number of nitrogen functional groups attached to an aromatic ring is 1. The third kappa shape index (κ3) is 4.47. The van der Waals surface area contributed by atoms with Crippen LogP contribution in [0, 0.1) is 0 Å². The third-order valence-electron chi connectivity index (χ3n) is 2.85. The predicted octanol–water partition coefficient (Wildman–Crippen LogP) is 2.46. The molecule has 1 aromatic rings. The molecule has 0 aliphatic carbocycles. The van der Waals surface area contributed by atoms with Gasteiger partial charge >= 0.3 is 0 Å². The number of likely N-dealkylation sites (N-methyl/N-ethyl adjacent to an activating group) is 1. The number of amides is 1. The number of carbonyl (C=O) groups excluding carboxylic acids is 1. The summed E-state index contributed by atoms with van der Waals surface area (Å²) in [6.07, 6.45) is 2.66. The van der Waals surface area contributed by atoms with Crippen LogP contribution < -0.4 is 5.73 Å². The molecular formula is C14H22N2O. The SMILES string of the molecule is CCCCN(CC)C(=O)Cc1ccc(N)cc1. The summed E-state index contributed by atoms with van der Waals surface area (Å²) in [5, 5.41) is 0. The van der Waals surface area contributed by atoms with Gasteiger partial charge < -0.3 is 10.6 Å². The van der Waals surface area contributed by atoms with Gasteiger partial charge in [0.1, 0.15) is 0 Å². The molecule has 0 heterocycles. The monoisotopic (exact) mass is 234 g/mol. The Labute approximate surface area is 104 Å². The van der Waals surface area contributed by atoms with Crippen molar-refractivity contribution in [2.45, 2.75) is 33.1 Å². The van der Waals surface area contributed by atoms with E-state index in [2.05, 4.69) is 6.92 Å². The van der Waals surface area contributed by atoms with Crippen LogP contribution in [0.5, 0.6) is 0 Å². The summed E-state index contributed by atoms with van der Waals surface area (Å²) in [5.41, 5.74) is 7.38. The first-order valence-electron chi connectivity index (χ1n) is 6.29. The lowest BCUT2D eigenvalue weighted by Crippen LogP contribution is -2.32. The zero-order valence-corrected chi connectivity index (χ0v) is 10.8. The predicted molar refractivity (Wildman–Crippen MR) is 71.7 cm³/mol. The van der Waals surface area contributed by atoms with E-state index in [-0.39, 0.29) is 5.91 Å². The molecule has 0 saturated carbocycles. The molecule has 0 unspecified atom stereocenters. The van der Waals surface area contributed by atoms with Crippen molar-refractivity contribution in [1.82, 2.24) is 4.90 Å². The zero-order valence-electron chi connectivity index (χ0n) is 10.8. The van der Waals surface area contributed by atoms with Crippen molar-refractivity contribution >= 4 is 11.6 Å². The smallest absolute Gasteiger partial charge is 0.226 e. The minimum atomic E-state index is 0.200. The lowest BCUT2D eigenvalue weighted by Gasteiger charge is -2.20. The zero-order chi connectivity index (χ0) is 12.7. The van der Waals surface area contributed by atoms with Crippen LogP contribution >= 0.6 is 0 Å². The van der Waals surface area contributed by atoms with Crippen LogP contribution in [0.4, 0.5) is 5.69 Å². The van der Waals surface area contributed by atoms with E-state index in [1.807, 2.05) is 36.1 Å². The minimum Gasteiger partial charge on any atom is -0.399 e. The number of nitrogens with zero attached hydrogens (tertiary/aromatic N) is 1. The quantitative estimate of drug-likeness (QED) is 0.768. The van der Waals surface area contributed by atoms with Crippen LogP contribution in [0.2, 0.25) is 0 Å². The van der Waals surface area contributed by atoms with Crippen molar-refractivity contribution in [3.05, 3.63) is 29.8 Å². The summed E-state index contributed by atoms with van der Waals surface area (Å²) < 4.78 is 0. The lowest BCUT2D eigenvalue weighted by atomic mass is 10.1. The Kier molecular flexibility index (Phi) is 5.53. The van der Waals surface area contributed by atoms with Crippen molar-refractivity contribution in [2.75, 3.05) is 18.8 Å². The summed E-state index contributed by atoms with van der Waals surface area (Å²) in [5.74, 6) is 0.200. The molecule has 3 nitrogen and oxygen atoms in total. The van der Waals surface area contributed by atoms with Gasteiger partial charge in [0, 0.05) is 18.8 Å². The summed E-state index contributed by atoms with van der Waals surface area (Å²) in [6, 6.07) is 7.51. The summed E-state index contributed by atoms with van der Waals surface area (Å²) in [4.78, 5) is 13.9. The Hall–Kier alpha value is -1.51. The fourth-order valence-electron chi connectivity index (χ4n) is 1.73. The standard InChI is InChI=1S/C14H22N2O/c1-3-5-10-16(4-2)14(17)11-12-6-8-13(15)9-7-12/h6-9H,3-5,10-11,15H2,1-2H3. The molecule has 0 fully saturated rings. The highest BCUT2D eigenvalue weighted by Gasteiger charge is 2.11.